The molecule has 0 amide bonds. The van der Waals surface area contributed by atoms with E-state index >= 15 is 0 Å². The second-order valence-electron chi connectivity index (χ2n) is 8.10. The second-order valence-corrected chi connectivity index (χ2v) is 8.10. The molecule has 3 heterocycles. The van der Waals surface area contributed by atoms with E-state index in [-0.39, 0.29) is 5.92 Å². The number of aromatic amines is 1. The minimum absolute atomic E-state index is 0.271. The lowest BCUT2D eigenvalue weighted by molar-refractivity contribution is 0.00919. The predicted octanol–water partition coefficient (Wildman–Crippen LogP) is 0.355. The van der Waals surface area contributed by atoms with Crippen LogP contribution in [-0.4, -0.2) is 38.5 Å². The van der Waals surface area contributed by atoms with Gasteiger partial charge in [0.1, 0.15) is 5.65 Å². The van der Waals surface area contributed by atoms with Gasteiger partial charge in [0.2, 0.25) is 0 Å². The Labute approximate surface area is 139 Å². The summed E-state index contributed by atoms with van der Waals surface area (Å²) in [4.78, 5) is 7.57. The van der Waals surface area contributed by atoms with Crippen LogP contribution in [0, 0.1) is 23.7 Å². The van der Waals surface area contributed by atoms with Crippen LogP contribution in [-0.2, 0) is 0 Å². The first-order chi connectivity index (χ1) is 11.6. The molecule has 4 N–H and O–H groups in total. The van der Waals surface area contributed by atoms with Crippen LogP contribution >= 0.6 is 0 Å². The zero-order valence-electron chi connectivity index (χ0n) is 13.2. The fraction of sp³-hybridized carbons (Fsp3) is 0.529. The first kappa shape index (κ1) is 13.4. The summed E-state index contributed by atoms with van der Waals surface area (Å²) in [5.74, 6) is 1.75. The van der Waals surface area contributed by atoms with Gasteiger partial charge < -0.3 is 20.5 Å². The minimum Gasteiger partial charge on any atom is -0.428 e. The molecular formula is C17H19BN4O2. The summed E-state index contributed by atoms with van der Waals surface area (Å²) >= 11 is 0. The quantitative estimate of drug-likeness (QED) is 0.570. The van der Waals surface area contributed by atoms with Gasteiger partial charge in [-0.2, -0.15) is 5.10 Å². The highest BCUT2D eigenvalue weighted by atomic mass is 16.3. The summed E-state index contributed by atoms with van der Waals surface area (Å²) in [6.07, 6.45) is 7.77. The average Bonchev–Trinajstić information content (AvgIpc) is 3.17. The van der Waals surface area contributed by atoms with Gasteiger partial charge >= 0.3 is 7.05 Å². The van der Waals surface area contributed by atoms with E-state index in [4.69, 9.17) is 0 Å². The molecule has 2 aromatic heterocycles. The third-order valence-corrected chi connectivity index (χ3v) is 6.90. The number of hydrazone groups is 1. The van der Waals surface area contributed by atoms with Gasteiger partial charge in [0.25, 0.3) is 0 Å². The molecule has 0 aromatic carbocycles. The fourth-order valence-electron chi connectivity index (χ4n) is 6.20. The lowest BCUT2D eigenvalue weighted by atomic mass is 9.66. The summed E-state index contributed by atoms with van der Waals surface area (Å²) < 4.78 is 0. The molecule has 4 fully saturated rings. The summed E-state index contributed by atoms with van der Waals surface area (Å²) in [5, 5.41) is 29.8. The van der Waals surface area contributed by atoms with Crippen molar-refractivity contribution in [3.8, 4) is 0 Å². The Hall–Kier alpha value is -1.86. The molecule has 4 saturated carbocycles. The predicted molar refractivity (Wildman–Crippen MR) is 90.8 cm³/mol. The third kappa shape index (κ3) is 1.50. The van der Waals surface area contributed by atoms with Crippen LogP contribution in [0.2, 0.25) is 0 Å². The molecule has 7 rings (SSSR count). The standard InChI is InChI=1S/C17H19BN4O2/c23-17-5-8-3-9(6-17)13(11(17)4-8)15-14-10-1-2-19-16(10)20-7-12(14)18(24)22-21-15/h1-2,7-9,11,13,22-24H,3-6H2,(H,19,20)/t8?,9?,11?,13-,17?/m0/s1. The molecule has 1 aliphatic heterocycles. The number of rotatable bonds is 1. The zero-order valence-corrected chi connectivity index (χ0v) is 13.2. The maximum Gasteiger partial charge on any atom is 0.465 e. The number of aromatic nitrogens is 2. The van der Waals surface area contributed by atoms with Gasteiger partial charge in [-0.05, 0) is 49.5 Å². The molecule has 4 unspecified atom stereocenters. The highest BCUT2D eigenvalue weighted by Crippen LogP contribution is 2.63. The summed E-state index contributed by atoms with van der Waals surface area (Å²) in [7, 11) is -0.825. The van der Waals surface area contributed by atoms with Crippen LogP contribution in [0.4, 0.5) is 0 Å². The molecule has 0 radical (unpaired) electrons. The Morgan fingerprint density at radius 1 is 1.29 bits per heavy atom. The maximum atomic E-state index is 11.1. The van der Waals surface area contributed by atoms with Crippen molar-refractivity contribution >= 4 is 29.3 Å². The van der Waals surface area contributed by atoms with Crippen molar-refractivity contribution in [3.63, 3.8) is 0 Å². The van der Waals surface area contributed by atoms with Crippen LogP contribution in [0.1, 0.15) is 31.2 Å². The van der Waals surface area contributed by atoms with E-state index in [9.17, 15) is 10.1 Å². The van der Waals surface area contributed by atoms with E-state index in [1.807, 2.05) is 12.3 Å². The SMILES string of the molecule is OB1NN=C([C@H]2C3CC4CC2C(O)(C4)C3)c2c1cnc1[nH]ccc21. The number of H-pyrrole nitrogens is 1. The molecular weight excluding hydrogens is 303 g/mol. The zero-order chi connectivity index (χ0) is 16.1. The number of hydrogen-bond donors (Lipinski definition) is 4. The molecule has 24 heavy (non-hydrogen) atoms. The molecule has 5 atom stereocenters. The monoisotopic (exact) mass is 322 g/mol. The molecule has 122 valence electrons. The first-order valence-corrected chi connectivity index (χ1v) is 8.84. The number of fused-ring (bicyclic) bond motifs is 3. The van der Waals surface area contributed by atoms with Crippen LogP contribution in [0.15, 0.2) is 23.6 Å². The van der Waals surface area contributed by atoms with Gasteiger partial charge in [0.05, 0.1) is 11.3 Å². The molecule has 5 aliphatic rings. The molecule has 7 heteroatoms. The van der Waals surface area contributed by atoms with E-state index in [2.05, 4.69) is 20.4 Å². The van der Waals surface area contributed by atoms with Crippen LogP contribution < -0.4 is 10.8 Å². The van der Waals surface area contributed by atoms with E-state index in [0.29, 0.717) is 17.8 Å². The van der Waals surface area contributed by atoms with Crippen LogP contribution in [0.25, 0.3) is 11.0 Å². The molecule has 4 aliphatic carbocycles. The van der Waals surface area contributed by atoms with Gasteiger partial charge in [-0.3, -0.25) is 0 Å². The number of hydrogen-bond acceptors (Lipinski definition) is 5. The van der Waals surface area contributed by atoms with E-state index in [0.717, 1.165) is 47.0 Å². The Balaban J connectivity index is 1.55. The highest BCUT2D eigenvalue weighted by Gasteiger charge is 2.63. The Kier molecular flexibility index (Phi) is 2.36. The first-order valence-electron chi connectivity index (χ1n) is 8.84. The van der Waals surface area contributed by atoms with Crippen molar-refractivity contribution < 1.29 is 10.1 Å². The van der Waals surface area contributed by atoms with E-state index in [1.165, 1.54) is 6.42 Å². The van der Waals surface area contributed by atoms with E-state index < -0.39 is 12.7 Å². The largest absolute Gasteiger partial charge is 0.465 e. The Bertz CT molecular complexity index is 896. The van der Waals surface area contributed by atoms with Gasteiger partial charge in [-0.1, -0.05) is 0 Å². The summed E-state index contributed by atoms with van der Waals surface area (Å²) in [6, 6.07) is 2.01. The maximum absolute atomic E-state index is 11.1. The van der Waals surface area contributed by atoms with Crippen LogP contribution in [0.3, 0.4) is 0 Å². The van der Waals surface area contributed by atoms with E-state index in [1.54, 1.807) is 6.20 Å². The van der Waals surface area contributed by atoms with Crippen molar-refractivity contribution in [2.45, 2.75) is 31.3 Å². The van der Waals surface area contributed by atoms with Gasteiger partial charge in [-0.15, -0.1) is 0 Å². The van der Waals surface area contributed by atoms with Crippen LogP contribution in [0.5, 0.6) is 0 Å². The number of nitrogens with zero attached hydrogens (tertiary/aromatic N) is 2. The Morgan fingerprint density at radius 2 is 2.21 bits per heavy atom. The lowest BCUT2D eigenvalue weighted by Crippen LogP contribution is -2.51. The van der Waals surface area contributed by atoms with Crippen molar-refractivity contribution in [3.05, 3.63) is 24.0 Å². The van der Waals surface area contributed by atoms with Crippen molar-refractivity contribution in [1.29, 1.82) is 0 Å². The number of aliphatic hydroxyl groups is 1. The van der Waals surface area contributed by atoms with Gasteiger partial charge in [-0.25, -0.2) is 4.98 Å². The smallest absolute Gasteiger partial charge is 0.428 e. The minimum atomic E-state index is -0.825. The van der Waals surface area contributed by atoms with Crippen molar-refractivity contribution in [2.75, 3.05) is 0 Å². The second kappa shape index (κ2) is 4.21. The molecule has 2 aromatic rings. The molecule has 4 bridgehead atoms. The summed E-state index contributed by atoms with van der Waals surface area (Å²) in [6.45, 7) is 0. The Morgan fingerprint density at radius 3 is 3.08 bits per heavy atom. The van der Waals surface area contributed by atoms with Gasteiger partial charge in [0.15, 0.2) is 0 Å². The summed E-state index contributed by atoms with van der Waals surface area (Å²) in [5.41, 5.74) is 3.13. The molecule has 0 spiro atoms. The molecule has 6 nitrogen and oxygen atoms in total. The molecule has 0 saturated heterocycles. The third-order valence-electron chi connectivity index (χ3n) is 6.90. The fourth-order valence-corrected chi connectivity index (χ4v) is 6.20. The van der Waals surface area contributed by atoms with Crippen molar-refractivity contribution in [2.24, 2.45) is 28.8 Å². The lowest BCUT2D eigenvalue weighted by Gasteiger charge is -2.34. The normalized spacial score (nSPS) is 39.2. The highest BCUT2D eigenvalue weighted by molar-refractivity contribution is 6.66. The van der Waals surface area contributed by atoms with Gasteiger partial charge in [0, 0.05) is 34.7 Å². The van der Waals surface area contributed by atoms with Crippen molar-refractivity contribution in [1.82, 2.24) is 15.3 Å². The number of pyridine rings is 1. The number of nitrogens with one attached hydrogen (secondary N) is 2. The topological polar surface area (TPSA) is 93.5 Å². The average molecular weight is 322 g/mol.